The summed E-state index contributed by atoms with van der Waals surface area (Å²) in [5.41, 5.74) is 1.53. The molecular weight excluding hydrogens is 348 g/mol. The van der Waals surface area contributed by atoms with E-state index in [1.807, 2.05) is 25.1 Å². The van der Waals surface area contributed by atoms with Crippen molar-refractivity contribution in [1.29, 1.82) is 0 Å². The van der Waals surface area contributed by atoms with Crippen molar-refractivity contribution in [3.8, 4) is 11.5 Å². The summed E-state index contributed by atoms with van der Waals surface area (Å²) in [6.45, 7) is 5.40. The number of amides is 1. The normalized spacial score (nSPS) is 11.7. The molecule has 0 atom stereocenters. The predicted molar refractivity (Wildman–Crippen MR) is 104 cm³/mol. The summed E-state index contributed by atoms with van der Waals surface area (Å²) in [5, 5.41) is 0. The van der Waals surface area contributed by atoms with Gasteiger partial charge < -0.3 is 14.0 Å². The number of aryl methyl sites for hydroxylation is 1. The number of benzene rings is 2. The average Bonchev–Trinajstić information content (AvgIpc) is 3.00. The lowest BCUT2D eigenvalue weighted by atomic mass is 10.2. The first kappa shape index (κ1) is 18.2. The average molecular weight is 370 g/mol. The van der Waals surface area contributed by atoms with Crippen molar-refractivity contribution in [2.24, 2.45) is 4.99 Å². The molecule has 6 heteroatoms. The number of carbonyl (C=O) groups excluding carboxylic acids is 1. The molecule has 3 aromatic rings. The van der Waals surface area contributed by atoms with Crippen molar-refractivity contribution in [3.05, 3.63) is 52.8 Å². The Bertz CT molecular complexity index is 971. The van der Waals surface area contributed by atoms with Gasteiger partial charge in [0.25, 0.3) is 5.91 Å². The molecule has 5 nitrogen and oxygen atoms in total. The van der Waals surface area contributed by atoms with Gasteiger partial charge in [-0.25, -0.2) is 0 Å². The number of nitrogens with zero attached hydrogens (tertiary/aromatic N) is 2. The van der Waals surface area contributed by atoms with Crippen molar-refractivity contribution < 1.29 is 14.3 Å². The molecule has 0 N–H and O–H groups in total. The Hall–Kier alpha value is -2.60. The molecular formula is C20H22N2O3S. The fourth-order valence-corrected chi connectivity index (χ4v) is 3.86. The van der Waals surface area contributed by atoms with Crippen LogP contribution >= 0.6 is 11.3 Å². The summed E-state index contributed by atoms with van der Waals surface area (Å²) < 4.78 is 14.0. The fourth-order valence-electron chi connectivity index (χ4n) is 2.79. The maximum Gasteiger partial charge on any atom is 0.279 e. The molecule has 0 bridgehead atoms. The van der Waals surface area contributed by atoms with Crippen molar-refractivity contribution in [3.63, 3.8) is 0 Å². The molecule has 1 amide bonds. The van der Waals surface area contributed by atoms with E-state index in [0.717, 1.165) is 34.7 Å². The number of hydrogen-bond acceptors (Lipinski definition) is 4. The maximum atomic E-state index is 12.6. The van der Waals surface area contributed by atoms with Crippen LogP contribution in [0.2, 0.25) is 0 Å². The van der Waals surface area contributed by atoms with Crippen LogP contribution in [0.3, 0.4) is 0 Å². The Morgan fingerprint density at radius 3 is 2.58 bits per heavy atom. The van der Waals surface area contributed by atoms with Crippen LogP contribution in [0.25, 0.3) is 10.2 Å². The highest BCUT2D eigenvalue weighted by atomic mass is 32.1. The topological polar surface area (TPSA) is 52.8 Å². The second-order valence-electron chi connectivity index (χ2n) is 5.72. The maximum absolute atomic E-state index is 12.6. The van der Waals surface area contributed by atoms with E-state index in [0.29, 0.717) is 17.0 Å². The largest absolute Gasteiger partial charge is 0.495 e. The number of ether oxygens (including phenoxy) is 2. The number of para-hydroxylation sites is 1. The van der Waals surface area contributed by atoms with E-state index in [1.165, 1.54) is 11.3 Å². The van der Waals surface area contributed by atoms with E-state index in [9.17, 15) is 4.79 Å². The first-order valence-corrected chi connectivity index (χ1v) is 9.47. The lowest BCUT2D eigenvalue weighted by molar-refractivity contribution is 0.0997. The smallest absolute Gasteiger partial charge is 0.279 e. The Morgan fingerprint density at radius 2 is 1.92 bits per heavy atom. The Balaban J connectivity index is 2.05. The summed E-state index contributed by atoms with van der Waals surface area (Å²) >= 11 is 1.50. The number of fused-ring (bicyclic) bond motifs is 1. The van der Waals surface area contributed by atoms with Gasteiger partial charge >= 0.3 is 0 Å². The van der Waals surface area contributed by atoms with Crippen LogP contribution in [0.1, 0.15) is 30.6 Å². The van der Waals surface area contributed by atoms with Crippen LogP contribution in [-0.4, -0.2) is 24.2 Å². The van der Waals surface area contributed by atoms with Crippen LogP contribution in [0.4, 0.5) is 0 Å². The van der Waals surface area contributed by atoms with Crippen LogP contribution < -0.4 is 14.3 Å². The highest BCUT2D eigenvalue weighted by Crippen LogP contribution is 2.27. The monoisotopic (exact) mass is 370 g/mol. The Kier molecular flexibility index (Phi) is 5.73. The van der Waals surface area contributed by atoms with Crippen LogP contribution in [0.15, 0.2) is 47.5 Å². The van der Waals surface area contributed by atoms with Gasteiger partial charge in [0, 0.05) is 12.1 Å². The third-order valence-electron chi connectivity index (χ3n) is 3.94. The minimum atomic E-state index is -0.261. The third-order valence-corrected chi connectivity index (χ3v) is 4.98. The zero-order valence-electron chi connectivity index (χ0n) is 15.2. The molecule has 0 aliphatic rings. The molecule has 0 aliphatic carbocycles. The number of aromatic nitrogens is 1. The SMILES string of the molecule is CCCn1c(=NC(=O)c2ccc(OCC)cc2)sc2cccc(OC)c21. The molecule has 26 heavy (non-hydrogen) atoms. The molecule has 0 saturated carbocycles. The first-order valence-electron chi connectivity index (χ1n) is 8.66. The second-order valence-corrected chi connectivity index (χ2v) is 6.73. The molecule has 1 heterocycles. The van der Waals surface area contributed by atoms with Gasteiger partial charge in [0.05, 0.1) is 18.4 Å². The molecule has 136 valence electrons. The van der Waals surface area contributed by atoms with E-state index in [2.05, 4.69) is 16.5 Å². The van der Waals surface area contributed by atoms with Gasteiger partial charge in [-0.1, -0.05) is 24.3 Å². The molecule has 2 aromatic carbocycles. The molecule has 0 saturated heterocycles. The fraction of sp³-hybridized carbons (Fsp3) is 0.300. The number of hydrogen-bond donors (Lipinski definition) is 0. The molecule has 1 aromatic heterocycles. The Morgan fingerprint density at radius 1 is 1.15 bits per heavy atom. The molecule has 0 aliphatic heterocycles. The van der Waals surface area contributed by atoms with Gasteiger partial charge in [0.15, 0.2) is 4.80 Å². The zero-order chi connectivity index (χ0) is 18.5. The highest BCUT2D eigenvalue weighted by molar-refractivity contribution is 7.16. The van der Waals surface area contributed by atoms with Crippen molar-refractivity contribution >= 4 is 27.5 Å². The molecule has 0 fully saturated rings. The van der Waals surface area contributed by atoms with Gasteiger partial charge in [0.1, 0.15) is 17.0 Å². The Labute approximate surface area is 156 Å². The number of thiazole rings is 1. The summed E-state index contributed by atoms with van der Waals surface area (Å²) in [5.74, 6) is 1.28. The number of rotatable bonds is 6. The minimum Gasteiger partial charge on any atom is -0.495 e. The van der Waals surface area contributed by atoms with Crippen molar-refractivity contribution in [2.45, 2.75) is 26.8 Å². The van der Waals surface area contributed by atoms with Crippen molar-refractivity contribution in [2.75, 3.05) is 13.7 Å². The van der Waals surface area contributed by atoms with Gasteiger partial charge in [0.2, 0.25) is 0 Å². The number of methoxy groups -OCH3 is 1. The van der Waals surface area contributed by atoms with E-state index < -0.39 is 0 Å². The van der Waals surface area contributed by atoms with Gasteiger partial charge in [-0.05, 0) is 49.7 Å². The lowest BCUT2D eigenvalue weighted by Crippen LogP contribution is -2.17. The number of carbonyl (C=O) groups is 1. The van der Waals surface area contributed by atoms with E-state index in [1.54, 1.807) is 31.4 Å². The molecule has 0 spiro atoms. The van der Waals surface area contributed by atoms with Crippen LogP contribution in [0.5, 0.6) is 11.5 Å². The first-order chi connectivity index (χ1) is 12.7. The quantitative estimate of drug-likeness (QED) is 0.651. The summed E-state index contributed by atoms with van der Waals surface area (Å²) in [6.07, 6.45) is 0.939. The predicted octanol–water partition coefficient (Wildman–Crippen LogP) is 4.26. The second kappa shape index (κ2) is 8.19. The lowest BCUT2D eigenvalue weighted by Gasteiger charge is -2.07. The van der Waals surface area contributed by atoms with Crippen molar-refractivity contribution in [1.82, 2.24) is 4.57 Å². The van der Waals surface area contributed by atoms with Crippen LogP contribution in [0, 0.1) is 0 Å². The van der Waals surface area contributed by atoms with E-state index in [4.69, 9.17) is 9.47 Å². The standard InChI is InChI=1S/C20H22N2O3S/c1-4-13-22-18-16(24-3)7-6-8-17(18)26-20(22)21-19(23)14-9-11-15(12-10-14)25-5-2/h6-12H,4-5,13H2,1-3H3. The van der Waals surface area contributed by atoms with E-state index in [-0.39, 0.29) is 5.91 Å². The minimum absolute atomic E-state index is 0.261. The zero-order valence-corrected chi connectivity index (χ0v) is 16.0. The third kappa shape index (κ3) is 3.65. The summed E-state index contributed by atoms with van der Waals surface area (Å²) in [6, 6.07) is 13.0. The van der Waals surface area contributed by atoms with Gasteiger partial charge in [-0.2, -0.15) is 4.99 Å². The molecule has 0 radical (unpaired) electrons. The van der Waals surface area contributed by atoms with Crippen LogP contribution in [-0.2, 0) is 6.54 Å². The van der Waals surface area contributed by atoms with E-state index >= 15 is 0 Å². The highest BCUT2D eigenvalue weighted by Gasteiger charge is 2.12. The molecule has 3 rings (SSSR count). The summed E-state index contributed by atoms with van der Waals surface area (Å²) in [7, 11) is 1.66. The van der Waals surface area contributed by atoms with Gasteiger partial charge in [-0.3, -0.25) is 4.79 Å². The molecule has 0 unspecified atom stereocenters. The van der Waals surface area contributed by atoms with Gasteiger partial charge in [-0.15, -0.1) is 0 Å². The summed E-state index contributed by atoms with van der Waals surface area (Å²) in [4.78, 5) is 17.7.